The van der Waals surface area contributed by atoms with Crippen LogP contribution in [0.1, 0.15) is 52.2 Å². The summed E-state index contributed by atoms with van der Waals surface area (Å²) >= 11 is 0. The van der Waals surface area contributed by atoms with Gasteiger partial charge in [0.05, 0.1) is 12.4 Å². The van der Waals surface area contributed by atoms with Crippen molar-refractivity contribution in [3.8, 4) is 22.5 Å². The van der Waals surface area contributed by atoms with Gasteiger partial charge in [0, 0.05) is 31.4 Å². The van der Waals surface area contributed by atoms with Gasteiger partial charge in [0.15, 0.2) is 11.7 Å². The first-order valence-corrected chi connectivity index (χ1v) is 15.8. The fraction of sp³-hybridized carbons (Fsp3) is 0.389. The van der Waals surface area contributed by atoms with Gasteiger partial charge in [-0.3, -0.25) is 0 Å². The van der Waals surface area contributed by atoms with E-state index >= 15 is 0 Å². The molecular formula is C36H44N8. The van der Waals surface area contributed by atoms with Crippen molar-refractivity contribution in [3.63, 3.8) is 0 Å². The Labute approximate surface area is 261 Å². The van der Waals surface area contributed by atoms with Crippen molar-refractivity contribution in [2.75, 3.05) is 19.8 Å². The molecule has 0 amide bonds. The number of benzene rings is 3. The molecule has 1 unspecified atom stereocenters. The monoisotopic (exact) mass is 588 g/mol. The van der Waals surface area contributed by atoms with E-state index in [0.29, 0.717) is 11.7 Å². The zero-order valence-electron chi connectivity index (χ0n) is 26.6. The first-order valence-electron chi connectivity index (χ1n) is 15.8. The first kappa shape index (κ1) is 29.6. The molecule has 3 heterocycles. The van der Waals surface area contributed by atoms with Gasteiger partial charge in [-0.2, -0.15) is 0 Å². The molecule has 1 aromatic heterocycles. The summed E-state index contributed by atoms with van der Waals surface area (Å²) in [7, 11) is 0. The number of nitrogens with one attached hydrogen (secondary N) is 1. The molecule has 1 N–H and O–H groups in total. The lowest BCUT2D eigenvalue weighted by atomic mass is 9.90. The molecule has 1 atom stereocenters. The quantitative estimate of drug-likeness (QED) is 0.219. The van der Waals surface area contributed by atoms with E-state index in [-0.39, 0.29) is 11.6 Å². The zero-order chi connectivity index (χ0) is 30.7. The molecule has 8 nitrogen and oxygen atoms in total. The van der Waals surface area contributed by atoms with Gasteiger partial charge in [-0.05, 0) is 56.9 Å². The summed E-state index contributed by atoms with van der Waals surface area (Å²) < 4.78 is 0. The number of hydrogen-bond acceptors (Lipinski definition) is 7. The maximum atomic E-state index is 5.44. The highest BCUT2D eigenvalue weighted by molar-refractivity contribution is 6.00. The second-order valence-corrected chi connectivity index (χ2v) is 13.6. The van der Waals surface area contributed by atoms with Gasteiger partial charge in [-0.1, -0.05) is 113 Å². The lowest BCUT2D eigenvalue weighted by Gasteiger charge is -2.39. The Hall–Kier alpha value is -4.46. The summed E-state index contributed by atoms with van der Waals surface area (Å²) in [5, 5.41) is 14.6. The maximum absolute atomic E-state index is 5.44. The van der Waals surface area contributed by atoms with Gasteiger partial charge in [-0.25, -0.2) is 10.1 Å². The standard InChI is InChI=1S/C36H44N8/c1-26(2)22-42-24-32-35(43(25-42)20-19-27-11-7-6-8-12-27)37-33(21-36(3,4)5)44(32)23-28-15-17-29(18-16-28)30-13-9-10-14-31(30)34-38-40-41-39-34/h6-18,24,26,33H,19-23,25H2,1-5H3,(H,38,39,40,41). The Kier molecular flexibility index (Phi) is 8.51. The molecule has 0 spiro atoms. The van der Waals surface area contributed by atoms with E-state index in [1.807, 2.05) is 12.1 Å². The molecule has 4 aromatic rings. The first-order chi connectivity index (χ1) is 21.2. The lowest BCUT2D eigenvalue weighted by Crippen LogP contribution is -2.47. The van der Waals surface area contributed by atoms with Crippen LogP contribution < -0.4 is 0 Å². The number of aliphatic imine (C=N–C) groups is 1. The van der Waals surface area contributed by atoms with Crippen LogP contribution in [0.4, 0.5) is 0 Å². The minimum Gasteiger partial charge on any atom is -0.358 e. The summed E-state index contributed by atoms with van der Waals surface area (Å²) in [5.74, 6) is 2.38. The predicted molar refractivity (Wildman–Crippen MR) is 177 cm³/mol. The van der Waals surface area contributed by atoms with Crippen LogP contribution >= 0.6 is 0 Å². The summed E-state index contributed by atoms with van der Waals surface area (Å²) in [5.41, 5.74) is 7.24. The van der Waals surface area contributed by atoms with Crippen LogP contribution in [0.5, 0.6) is 0 Å². The predicted octanol–water partition coefficient (Wildman–Crippen LogP) is 6.83. The topological polar surface area (TPSA) is 76.5 Å². The van der Waals surface area contributed by atoms with Crippen LogP contribution in [0.25, 0.3) is 22.5 Å². The molecule has 0 radical (unpaired) electrons. The third-order valence-corrected chi connectivity index (χ3v) is 8.18. The SMILES string of the molecule is CC(C)CN1C=C2C(=NC(CC(C)(C)C)N2Cc2ccc(-c3ccccc3-c3nnn[nH]3)cc2)N(CCc2ccccc2)C1. The average molecular weight is 589 g/mol. The summed E-state index contributed by atoms with van der Waals surface area (Å²) in [6.45, 7) is 15.2. The molecule has 0 fully saturated rings. The van der Waals surface area contributed by atoms with Crippen LogP contribution in [0.15, 0.2) is 95.8 Å². The highest BCUT2D eigenvalue weighted by atomic mass is 15.5. The molecule has 0 bridgehead atoms. The van der Waals surface area contributed by atoms with Crippen molar-refractivity contribution in [2.45, 2.75) is 60.2 Å². The molecule has 44 heavy (non-hydrogen) atoms. The number of aromatic nitrogens is 4. The number of aromatic amines is 1. The van der Waals surface area contributed by atoms with E-state index in [1.54, 1.807) is 0 Å². The largest absolute Gasteiger partial charge is 0.358 e. The summed E-state index contributed by atoms with van der Waals surface area (Å²) in [4.78, 5) is 13.0. The Bertz CT molecular complexity index is 1580. The van der Waals surface area contributed by atoms with E-state index in [4.69, 9.17) is 4.99 Å². The smallest absolute Gasteiger partial charge is 0.180 e. The number of amidine groups is 1. The fourth-order valence-corrected chi connectivity index (χ4v) is 6.20. The molecule has 0 aliphatic carbocycles. The van der Waals surface area contributed by atoms with Gasteiger partial charge in [0.25, 0.3) is 0 Å². The maximum Gasteiger partial charge on any atom is 0.180 e. The number of hydrogen-bond donors (Lipinski definition) is 1. The van der Waals surface area contributed by atoms with E-state index in [9.17, 15) is 0 Å². The Morgan fingerprint density at radius 1 is 0.886 bits per heavy atom. The number of fused-ring (bicyclic) bond motifs is 1. The lowest BCUT2D eigenvalue weighted by molar-refractivity contribution is 0.186. The van der Waals surface area contributed by atoms with Crippen molar-refractivity contribution in [1.29, 1.82) is 0 Å². The third-order valence-electron chi connectivity index (χ3n) is 8.18. The normalized spacial score (nSPS) is 16.8. The van der Waals surface area contributed by atoms with Crippen LogP contribution in [-0.2, 0) is 13.0 Å². The molecule has 2 aliphatic rings. The van der Waals surface area contributed by atoms with Crippen LogP contribution in [-0.4, -0.2) is 67.1 Å². The van der Waals surface area contributed by atoms with Crippen molar-refractivity contribution in [2.24, 2.45) is 16.3 Å². The highest BCUT2D eigenvalue weighted by Gasteiger charge is 2.38. The molecule has 3 aromatic carbocycles. The molecule has 2 aliphatic heterocycles. The number of rotatable bonds is 10. The third kappa shape index (κ3) is 6.85. The van der Waals surface area contributed by atoms with Gasteiger partial charge in [0.1, 0.15) is 6.17 Å². The summed E-state index contributed by atoms with van der Waals surface area (Å²) in [6.07, 6.45) is 4.45. The van der Waals surface area contributed by atoms with Gasteiger partial charge in [0.2, 0.25) is 0 Å². The second-order valence-electron chi connectivity index (χ2n) is 13.6. The Balaban J connectivity index is 1.28. The number of nitrogens with zero attached hydrogens (tertiary/aromatic N) is 7. The van der Waals surface area contributed by atoms with Crippen LogP contribution in [0.3, 0.4) is 0 Å². The van der Waals surface area contributed by atoms with Crippen molar-refractivity contribution in [3.05, 3.63) is 102 Å². The van der Waals surface area contributed by atoms with Crippen LogP contribution in [0, 0.1) is 11.3 Å². The zero-order valence-corrected chi connectivity index (χ0v) is 26.6. The number of tetrazole rings is 1. The van der Waals surface area contributed by atoms with E-state index in [0.717, 1.165) is 61.7 Å². The van der Waals surface area contributed by atoms with Crippen molar-refractivity contribution >= 4 is 5.84 Å². The van der Waals surface area contributed by atoms with E-state index in [2.05, 4.69) is 143 Å². The molecule has 8 heteroatoms. The fourth-order valence-electron chi connectivity index (χ4n) is 6.20. The van der Waals surface area contributed by atoms with E-state index in [1.165, 1.54) is 16.8 Å². The minimum atomic E-state index is 0.0915. The van der Waals surface area contributed by atoms with Gasteiger partial charge < -0.3 is 14.7 Å². The Morgan fingerprint density at radius 3 is 2.30 bits per heavy atom. The highest BCUT2D eigenvalue weighted by Crippen LogP contribution is 2.36. The van der Waals surface area contributed by atoms with Gasteiger partial charge >= 0.3 is 0 Å². The average Bonchev–Trinajstić information content (AvgIpc) is 3.65. The van der Waals surface area contributed by atoms with Crippen molar-refractivity contribution < 1.29 is 0 Å². The summed E-state index contributed by atoms with van der Waals surface area (Å²) in [6, 6.07) is 28.0. The second kappa shape index (κ2) is 12.6. The van der Waals surface area contributed by atoms with Crippen molar-refractivity contribution in [1.82, 2.24) is 35.3 Å². The minimum absolute atomic E-state index is 0.0915. The Morgan fingerprint density at radius 2 is 1.61 bits per heavy atom. The molecule has 228 valence electrons. The van der Waals surface area contributed by atoms with Crippen LogP contribution in [0.2, 0.25) is 0 Å². The molecule has 0 saturated carbocycles. The molecule has 0 saturated heterocycles. The number of H-pyrrole nitrogens is 1. The molecular weight excluding hydrogens is 544 g/mol. The van der Waals surface area contributed by atoms with E-state index < -0.39 is 0 Å². The van der Waals surface area contributed by atoms with Gasteiger partial charge in [-0.15, -0.1) is 5.10 Å². The molecule has 6 rings (SSSR count).